The summed E-state index contributed by atoms with van der Waals surface area (Å²) in [6.45, 7) is -0.781. The highest BCUT2D eigenvalue weighted by Crippen LogP contribution is 2.38. The van der Waals surface area contributed by atoms with Gasteiger partial charge in [-0.05, 0) is 24.3 Å². The minimum absolute atomic E-state index is 0.0305. The quantitative estimate of drug-likeness (QED) is 0.351. The van der Waals surface area contributed by atoms with E-state index in [4.69, 9.17) is 5.11 Å². The van der Waals surface area contributed by atoms with Gasteiger partial charge in [0.15, 0.2) is 5.82 Å². The van der Waals surface area contributed by atoms with Crippen LogP contribution in [0, 0.1) is 0 Å². The van der Waals surface area contributed by atoms with Crippen molar-refractivity contribution < 1.29 is 36.6 Å². The Kier molecular flexibility index (Phi) is 6.25. The van der Waals surface area contributed by atoms with E-state index in [1.807, 2.05) is 0 Å². The molecule has 0 saturated heterocycles. The van der Waals surface area contributed by atoms with Crippen molar-refractivity contribution in [3.05, 3.63) is 65.9 Å². The summed E-state index contributed by atoms with van der Waals surface area (Å²) in [6, 6.07) is 3.89. The lowest BCUT2D eigenvalue weighted by molar-refractivity contribution is -0.138. The van der Waals surface area contributed by atoms with E-state index < -0.39 is 41.9 Å². The predicted octanol–water partition coefficient (Wildman–Crippen LogP) is 4.29. The van der Waals surface area contributed by atoms with Crippen molar-refractivity contribution in [1.82, 2.24) is 24.9 Å². The first-order chi connectivity index (χ1) is 16.5. The van der Waals surface area contributed by atoms with Crippen molar-refractivity contribution in [1.29, 1.82) is 0 Å². The highest BCUT2D eigenvalue weighted by atomic mass is 19.4. The maximum absolute atomic E-state index is 13.7. The number of fused-ring (bicyclic) bond motifs is 1. The van der Waals surface area contributed by atoms with E-state index in [1.165, 1.54) is 6.07 Å². The van der Waals surface area contributed by atoms with Gasteiger partial charge in [0.1, 0.15) is 23.8 Å². The van der Waals surface area contributed by atoms with Crippen LogP contribution in [0.3, 0.4) is 0 Å². The standard InChI is InChI=1S/C21H14F6N6O2/c22-20(23,24)12-1-2-16(28-7-12)33-19-18-14(31-9-32-19)4-11(6-30-18)17-13(21(25,26)27)3-10(5-29-17)15(35)8-34/h1-7,9,15,34-35H,8H2,(H,28,31,32,33). The van der Waals surface area contributed by atoms with E-state index in [0.29, 0.717) is 12.3 Å². The lowest BCUT2D eigenvalue weighted by atomic mass is 10.0. The number of aromatic nitrogens is 5. The van der Waals surface area contributed by atoms with E-state index in [2.05, 4.69) is 30.2 Å². The maximum Gasteiger partial charge on any atom is 0.418 e. The molecule has 0 saturated carbocycles. The van der Waals surface area contributed by atoms with Gasteiger partial charge in [-0.2, -0.15) is 26.3 Å². The van der Waals surface area contributed by atoms with Gasteiger partial charge in [0, 0.05) is 29.7 Å². The third-order valence-corrected chi connectivity index (χ3v) is 4.86. The van der Waals surface area contributed by atoms with Gasteiger partial charge >= 0.3 is 12.4 Å². The summed E-state index contributed by atoms with van der Waals surface area (Å²) in [7, 11) is 0. The minimum atomic E-state index is -4.82. The second kappa shape index (κ2) is 9.03. The molecule has 35 heavy (non-hydrogen) atoms. The fourth-order valence-electron chi connectivity index (χ4n) is 3.14. The van der Waals surface area contributed by atoms with Gasteiger partial charge < -0.3 is 15.5 Å². The summed E-state index contributed by atoms with van der Waals surface area (Å²) in [5.41, 5.74) is -2.56. The maximum atomic E-state index is 13.7. The number of rotatable bonds is 5. The highest BCUT2D eigenvalue weighted by Gasteiger charge is 2.35. The Bertz CT molecular complexity index is 1360. The summed E-state index contributed by atoms with van der Waals surface area (Å²) in [6.07, 6.45) is -7.06. The van der Waals surface area contributed by atoms with Crippen LogP contribution in [0.15, 0.2) is 49.2 Å². The first-order valence-corrected chi connectivity index (χ1v) is 9.75. The molecule has 0 aliphatic carbocycles. The zero-order chi connectivity index (χ0) is 25.4. The number of aliphatic hydroxyl groups excluding tert-OH is 2. The smallest absolute Gasteiger partial charge is 0.393 e. The summed E-state index contributed by atoms with van der Waals surface area (Å²) < 4.78 is 79.2. The molecule has 8 nitrogen and oxygen atoms in total. The van der Waals surface area contributed by atoms with Crippen molar-refractivity contribution in [3.8, 4) is 11.3 Å². The number of nitrogens with one attached hydrogen (secondary N) is 1. The third kappa shape index (κ3) is 5.12. The molecule has 0 spiro atoms. The number of anilines is 2. The molecule has 0 fully saturated rings. The van der Waals surface area contributed by atoms with E-state index in [9.17, 15) is 31.4 Å². The summed E-state index contributed by atoms with van der Waals surface area (Å²) in [5, 5.41) is 21.4. The van der Waals surface area contributed by atoms with Crippen molar-refractivity contribution in [2.45, 2.75) is 18.5 Å². The number of aliphatic hydroxyl groups is 2. The molecule has 14 heteroatoms. The zero-order valence-electron chi connectivity index (χ0n) is 17.3. The second-order valence-corrected chi connectivity index (χ2v) is 7.23. The Hall–Kier alpha value is -3.91. The van der Waals surface area contributed by atoms with Crippen LogP contribution >= 0.6 is 0 Å². The number of nitrogens with zero attached hydrogens (tertiary/aromatic N) is 5. The molecule has 1 atom stereocenters. The van der Waals surface area contributed by atoms with E-state index in [-0.39, 0.29) is 33.8 Å². The Morgan fingerprint density at radius 3 is 2.26 bits per heavy atom. The van der Waals surface area contributed by atoms with Crippen LogP contribution in [0.1, 0.15) is 22.8 Å². The van der Waals surface area contributed by atoms with E-state index in [0.717, 1.165) is 30.9 Å². The average Bonchev–Trinajstić information content (AvgIpc) is 2.82. The Balaban J connectivity index is 1.72. The molecule has 0 bridgehead atoms. The molecule has 3 N–H and O–H groups in total. The molecule has 0 aliphatic rings. The van der Waals surface area contributed by atoms with Crippen molar-refractivity contribution in [2.24, 2.45) is 0 Å². The second-order valence-electron chi connectivity index (χ2n) is 7.23. The number of pyridine rings is 3. The molecule has 4 aromatic heterocycles. The predicted molar refractivity (Wildman–Crippen MR) is 110 cm³/mol. The number of hydrogen-bond donors (Lipinski definition) is 3. The number of alkyl halides is 6. The van der Waals surface area contributed by atoms with Gasteiger partial charge in [0.05, 0.1) is 28.9 Å². The lowest BCUT2D eigenvalue weighted by Gasteiger charge is -2.16. The molecule has 0 amide bonds. The van der Waals surface area contributed by atoms with Gasteiger partial charge in [-0.3, -0.25) is 4.98 Å². The molecule has 1 unspecified atom stereocenters. The first kappa shape index (κ1) is 24.2. The largest absolute Gasteiger partial charge is 0.418 e. The topological polar surface area (TPSA) is 117 Å². The average molecular weight is 496 g/mol. The molecular formula is C21H14F6N6O2. The molecule has 4 heterocycles. The summed E-state index contributed by atoms with van der Waals surface area (Å²) in [5.74, 6) is 0.0992. The molecule has 4 aromatic rings. The fraction of sp³-hybridized carbons (Fsp3) is 0.190. The fourth-order valence-corrected chi connectivity index (χ4v) is 3.14. The van der Waals surface area contributed by atoms with E-state index in [1.54, 1.807) is 0 Å². The zero-order valence-corrected chi connectivity index (χ0v) is 17.3. The van der Waals surface area contributed by atoms with Crippen LogP contribution in [0.25, 0.3) is 22.3 Å². The summed E-state index contributed by atoms with van der Waals surface area (Å²) >= 11 is 0. The molecule has 0 radical (unpaired) electrons. The van der Waals surface area contributed by atoms with Gasteiger partial charge in [-0.1, -0.05) is 0 Å². The van der Waals surface area contributed by atoms with Gasteiger partial charge in [0.2, 0.25) is 0 Å². The van der Waals surface area contributed by atoms with E-state index >= 15 is 0 Å². The molecule has 0 aliphatic heterocycles. The van der Waals surface area contributed by atoms with Crippen molar-refractivity contribution in [2.75, 3.05) is 11.9 Å². The molecule has 182 valence electrons. The molecule has 4 rings (SSSR count). The minimum Gasteiger partial charge on any atom is -0.393 e. The van der Waals surface area contributed by atoms with Gasteiger partial charge in [0.25, 0.3) is 0 Å². The third-order valence-electron chi connectivity index (χ3n) is 4.86. The number of halogens is 6. The van der Waals surface area contributed by atoms with Crippen molar-refractivity contribution in [3.63, 3.8) is 0 Å². The summed E-state index contributed by atoms with van der Waals surface area (Å²) in [4.78, 5) is 19.6. The van der Waals surface area contributed by atoms with Crippen LogP contribution in [-0.2, 0) is 12.4 Å². The lowest BCUT2D eigenvalue weighted by Crippen LogP contribution is -2.12. The van der Waals surface area contributed by atoms with Crippen LogP contribution in [0.4, 0.5) is 38.0 Å². The molecule has 0 aromatic carbocycles. The van der Waals surface area contributed by atoms with Gasteiger partial charge in [-0.25, -0.2) is 19.9 Å². The van der Waals surface area contributed by atoms with Crippen LogP contribution in [0.5, 0.6) is 0 Å². The first-order valence-electron chi connectivity index (χ1n) is 9.75. The van der Waals surface area contributed by atoms with Crippen LogP contribution < -0.4 is 5.32 Å². The number of hydrogen-bond acceptors (Lipinski definition) is 8. The van der Waals surface area contributed by atoms with Gasteiger partial charge in [-0.15, -0.1) is 0 Å². The van der Waals surface area contributed by atoms with Crippen LogP contribution in [-0.4, -0.2) is 41.7 Å². The molecular weight excluding hydrogens is 482 g/mol. The Morgan fingerprint density at radius 2 is 1.63 bits per heavy atom. The van der Waals surface area contributed by atoms with Crippen molar-refractivity contribution >= 4 is 22.7 Å². The SMILES string of the molecule is OCC(O)c1cnc(-c2cnc3c(Nc4ccc(C(F)(F)F)cn4)ncnc3c2)c(C(F)(F)F)c1. The Morgan fingerprint density at radius 1 is 0.857 bits per heavy atom. The Labute approximate surface area is 192 Å². The monoisotopic (exact) mass is 496 g/mol. The van der Waals surface area contributed by atoms with Crippen LogP contribution in [0.2, 0.25) is 0 Å². The normalized spacial score (nSPS) is 13.1. The highest BCUT2D eigenvalue weighted by molar-refractivity contribution is 5.89.